The van der Waals surface area contributed by atoms with Gasteiger partial charge in [0.25, 0.3) is 0 Å². The van der Waals surface area contributed by atoms with E-state index in [9.17, 15) is 9.18 Å². The van der Waals surface area contributed by atoms with Crippen molar-refractivity contribution in [2.45, 2.75) is 20.8 Å². The van der Waals surface area contributed by atoms with Crippen LogP contribution in [0.4, 0.5) is 4.39 Å². The molecule has 0 unspecified atom stereocenters. The number of halogens is 1. The van der Waals surface area contributed by atoms with Crippen LogP contribution < -0.4 is 0 Å². The molecule has 4 heteroatoms. The zero-order valence-electron chi connectivity index (χ0n) is 9.47. The van der Waals surface area contributed by atoms with Gasteiger partial charge in [0.2, 0.25) is 0 Å². The number of carbonyl (C=O) groups is 1. The van der Waals surface area contributed by atoms with Gasteiger partial charge in [-0.2, -0.15) is 0 Å². The highest BCUT2D eigenvalue weighted by atomic mass is 19.1. The summed E-state index contributed by atoms with van der Waals surface area (Å²) in [5, 5.41) is 9.44. The predicted molar refractivity (Wildman–Crippen MR) is 61.3 cm³/mol. The molecule has 16 heavy (non-hydrogen) atoms. The fourth-order valence-corrected chi connectivity index (χ4v) is 1.45. The Labute approximate surface area is 92.9 Å². The standard InChI is InChI=1S/C10H8FNO2.C2H6/c1-5-4-12-9-3-8(11)7(10(13)14)2-6(5)9;1-2/h2-4,12H,1H3,(H,13,14);1-2H3. The Morgan fingerprint density at radius 1 is 1.38 bits per heavy atom. The van der Waals surface area contributed by atoms with Crippen molar-refractivity contribution in [2.75, 3.05) is 0 Å². The number of rotatable bonds is 1. The number of hydrogen-bond donors (Lipinski definition) is 2. The summed E-state index contributed by atoms with van der Waals surface area (Å²) in [6.45, 7) is 5.84. The molecule has 0 atom stereocenters. The number of H-pyrrole nitrogens is 1. The number of nitrogens with one attached hydrogen (secondary N) is 1. The number of aromatic nitrogens is 1. The highest BCUT2D eigenvalue weighted by Gasteiger charge is 2.12. The van der Waals surface area contributed by atoms with Crippen molar-refractivity contribution >= 4 is 16.9 Å². The Morgan fingerprint density at radius 2 is 2.00 bits per heavy atom. The van der Waals surface area contributed by atoms with Gasteiger partial charge in [-0.25, -0.2) is 9.18 Å². The smallest absolute Gasteiger partial charge is 0.338 e. The second-order valence-electron chi connectivity index (χ2n) is 3.15. The van der Waals surface area contributed by atoms with Gasteiger partial charge in [0, 0.05) is 17.1 Å². The lowest BCUT2D eigenvalue weighted by molar-refractivity contribution is 0.0692. The fourth-order valence-electron chi connectivity index (χ4n) is 1.45. The van der Waals surface area contributed by atoms with E-state index in [1.54, 1.807) is 6.20 Å². The van der Waals surface area contributed by atoms with Gasteiger partial charge in [-0.05, 0) is 24.6 Å². The number of hydrogen-bond acceptors (Lipinski definition) is 1. The highest BCUT2D eigenvalue weighted by molar-refractivity contribution is 5.94. The first-order valence-corrected chi connectivity index (χ1v) is 5.10. The summed E-state index contributed by atoms with van der Waals surface area (Å²) in [5.41, 5.74) is 1.23. The van der Waals surface area contributed by atoms with Gasteiger partial charge >= 0.3 is 5.97 Å². The van der Waals surface area contributed by atoms with Gasteiger partial charge in [-0.15, -0.1) is 0 Å². The lowest BCUT2D eigenvalue weighted by Crippen LogP contribution is -1.99. The largest absolute Gasteiger partial charge is 0.478 e. The Bertz CT molecular complexity index is 517. The number of benzene rings is 1. The molecule has 0 aliphatic carbocycles. The Hall–Kier alpha value is -1.84. The molecule has 0 bridgehead atoms. The third kappa shape index (κ3) is 2.05. The van der Waals surface area contributed by atoms with Gasteiger partial charge in [-0.3, -0.25) is 0 Å². The van der Waals surface area contributed by atoms with Gasteiger partial charge in [0.1, 0.15) is 5.82 Å². The average Bonchev–Trinajstić information content (AvgIpc) is 2.61. The molecule has 2 N–H and O–H groups in total. The Kier molecular flexibility index (Phi) is 3.66. The molecule has 86 valence electrons. The van der Waals surface area contributed by atoms with E-state index in [0.29, 0.717) is 5.52 Å². The number of carboxylic acids is 1. The monoisotopic (exact) mass is 223 g/mol. The molecule has 0 saturated heterocycles. The molecule has 0 amide bonds. The van der Waals surface area contributed by atoms with E-state index >= 15 is 0 Å². The van der Waals surface area contributed by atoms with Crippen LogP contribution in [0.5, 0.6) is 0 Å². The first kappa shape index (κ1) is 12.2. The van der Waals surface area contributed by atoms with Crippen molar-refractivity contribution in [3.63, 3.8) is 0 Å². The summed E-state index contributed by atoms with van der Waals surface area (Å²) in [5.74, 6) is -1.96. The lowest BCUT2D eigenvalue weighted by Gasteiger charge is -1.98. The molecular formula is C12H14FNO2. The van der Waals surface area contributed by atoms with Crippen LogP contribution in [0, 0.1) is 12.7 Å². The van der Waals surface area contributed by atoms with E-state index in [1.165, 1.54) is 12.1 Å². The van der Waals surface area contributed by atoms with E-state index in [1.807, 2.05) is 20.8 Å². The maximum Gasteiger partial charge on any atom is 0.338 e. The highest BCUT2D eigenvalue weighted by Crippen LogP contribution is 2.21. The van der Waals surface area contributed by atoms with Crippen molar-refractivity contribution in [1.82, 2.24) is 4.98 Å². The average molecular weight is 223 g/mol. The maximum atomic E-state index is 13.2. The van der Waals surface area contributed by atoms with E-state index in [-0.39, 0.29) is 5.56 Å². The van der Waals surface area contributed by atoms with E-state index in [0.717, 1.165) is 10.9 Å². The maximum absolute atomic E-state index is 13.2. The van der Waals surface area contributed by atoms with Crippen LogP contribution in [0.1, 0.15) is 29.8 Å². The van der Waals surface area contributed by atoms with Crippen molar-refractivity contribution in [3.05, 3.63) is 35.3 Å². The van der Waals surface area contributed by atoms with Crippen LogP contribution in [0.3, 0.4) is 0 Å². The molecule has 1 heterocycles. The second kappa shape index (κ2) is 4.79. The van der Waals surface area contributed by atoms with Gasteiger partial charge in [0.15, 0.2) is 0 Å². The number of fused-ring (bicyclic) bond motifs is 1. The van der Waals surface area contributed by atoms with Crippen LogP contribution in [-0.2, 0) is 0 Å². The third-order valence-corrected chi connectivity index (χ3v) is 2.21. The van der Waals surface area contributed by atoms with Crippen LogP contribution in [0.15, 0.2) is 18.3 Å². The normalized spacial score (nSPS) is 9.75. The summed E-state index contributed by atoms with van der Waals surface area (Å²) in [6.07, 6.45) is 1.72. The fraction of sp³-hybridized carbons (Fsp3) is 0.250. The SMILES string of the molecule is CC.Cc1c[nH]c2cc(F)c(C(=O)O)cc12. The Balaban J connectivity index is 0.000000606. The van der Waals surface area contributed by atoms with Crippen molar-refractivity contribution in [3.8, 4) is 0 Å². The van der Waals surface area contributed by atoms with Crippen LogP contribution in [0.25, 0.3) is 10.9 Å². The van der Waals surface area contributed by atoms with Gasteiger partial charge in [-0.1, -0.05) is 13.8 Å². The third-order valence-electron chi connectivity index (χ3n) is 2.21. The summed E-state index contributed by atoms with van der Waals surface area (Å²) in [4.78, 5) is 13.5. The molecule has 0 aliphatic rings. The number of carboxylic acid groups (broad SMARTS) is 1. The molecule has 0 spiro atoms. The first-order chi connectivity index (χ1) is 7.59. The van der Waals surface area contributed by atoms with Crippen molar-refractivity contribution < 1.29 is 14.3 Å². The zero-order valence-corrected chi connectivity index (χ0v) is 9.47. The molecule has 0 radical (unpaired) electrons. The summed E-state index contributed by atoms with van der Waals surface area (Å²) in [7, 11) is 0. The molecule has 2 aromatic rings. The Morgan fingerprint density at radius 3 is 2.56 bits per heavy atom. The number of aromatic amines is 1. The summed E-state index contributed by atoms with van der Waals surface area (Å²) in [6, 6.07) is 2.55. The molecule has 1 aromatic heterocycles. The minimum absolute atomic E-state index is 0.291. The minimum Gasteiger partial charge on any atom is -0.478 e. The summed E-state index contributed by atoms with van der Waals surface area (Å²) >= 11 is 0. The first-order valence-electron chi connectivity index (χ1n) is 5.10. The molecule has 0 saturated carbocycles. The van der Waals surface area contributed by atoms with E-state index < -0.39 is 11.8 Å². The zero-order chi connectivity index (χ0) is 12.3. The molecule has 0 aliphatic heterocycles. The summed E-state index contributed by atoms with van der Waals surface area (Å²) < 4.78 is 13.2. The van der Waals surface area contributed by atoms with E-state index in [4.69, 9.17) is 5.11 Å². The van der Waals surface area contributed by atoms with Crippen LogP contribution in [0.2, 0.25) is 0 Å². The molecular weight excluding hydrogens is 209 g/mol. The second-order valence-corrected chi connectivity index (χ2v) is 3.15. The topological polar surface area (TPSA) is 53.1 Å². The van der Waals surface area contributed by atoms with Crippen molar-refractivity contribution in [1.29, 1.82) is 0 Å². The van der Waals surface area contributed by atoms with Crippen LogP contribution in [-0.4, -0.2) is 16.1 Å². The molecule has 1 aromatic carbocycles. The number of aromatic carboxylic acids is 1. The quantitative estimate of drug-likeness (QED) is 0.779. The molecule has 3 nitrogen and oxygen atoms in total. The minimum atomic E-state index is -1.25. The van der Waals surface area contributed by atoms with Gasteiger partial charge < -0.3 is 10.1 Å². The molecule has 0 fully saturated rings. The molecule has 2 rings (SSSR count). The van der Waals surface area contributed by atoms with Crippen molar-refractivity contribution in [2.24, 2.45) is 0 Å². The van der Waals surface area contributed by atoms with Gasteiger partial charge in [0.05, 0.1) is 5.56 Å². The van der Waals surface area contributed by atoms with Crippen LogP contribution >= 0.6 is 0 Å². The predicted octanol–water partition coefficient (Wildman–Crippen LogP) is 3.34. The number of aryl methyl sites for hydroxylation is 1. The van der Waals surface area contributed by atoms with E-state index in [2.05, 4.69) is 4.98 Å². The lowest BCUT2D eigenvalue weighted by atomic mass is 10.1.